The van der Waals surface area contributed by atoms with Gasteiger partial charge < -0.3 is 0 Å². The van der Waals surface area contributed by atoms with E-state index in [4.69, 9.17) is 11.6 Å². The van der Waals surface area contributed by atoms with Crippen LogP contribution in [-0.2, 0) is 24.1 Å². The fourth-order valence-electron chi connectivity index (χ4n) is 2.19. The van der Waals surface area contributed by atoms with E-state index in [1.807, 2.05) is 0 Å². The molecule has 0 saturated heterocycles. The van der Waals surface area contributed by atoms with Crippen molar-refractivity contribution in [2.45, 2.75) is 4.90 Å². The van der Waals surface area contributed by atoms with Gasteiger partial charge in [0.1, 0.15) is 11.2 Å². The quantitative estimate of drug-likeness (QED) is 0.651. The molecule has 0 amide bonds. The number of hydrogen-bond acceptors (Lipinski definition) is 5. The second-order valence-electron chi connectivity index (χ2n) is 5.03. The molecule has 0 bridgehead atoms. The average molecular weight is 373 g/mol. The van der Waals surface area contributed by atoms with Crippen LogP contribution in [0.1, 0.15) is 0 Å². The first-order valence-electron chi connectivity index (χ1n) is 6.50. The smallest absolute Gasteiger partial charge is 0.279 e. The maximum atomic E-state index is 13.2. The van der Waals surface area contributed by atoms with Crippen LogP contribution in [0.3, 0.4) is 0 Å². The highest BCUT2D eigenvalue weighted by Crippen LogP contribution is 2.21. The van der Waals surface area contributed by atoms with Crippen molar-refractivity contribution in [3.63, 3.8) is 0 Å². The minimum absolute atomic E-state index is 0.0450. The van der Waals surface area contributed by atoms with Crippen LogP contribution in [0.5, 0.6) is 0 Å². The Hall–Kier alpha value is -2.46. The SMILES string of the molecule is Cn1c(=O)c2cn(S(=O)(=O)c3ccc(F)c(Cl)c3)nc2n(C)c1=O. The summed E-state index contributed by atoms with van der Waals surface area (Å²) in [6.45, 7) is 0. The zero-order chi connectivity index (χ0) is 17.8. The molecule has 24 heavy (non-hydrogen) atoms. The molecule has 8 nitrogen and oxygen atoms in total. The lowest BCUT2D eigenvalue weighted by atomic mass is 10.3. The molecule has 3 rings (SSSR count). The third-order valence-electron chi connectivity index (χ3n) is 3.54. The Balaban J connectivity index is 2.32. The molecule has 0 fully saturated rings. The molecule has 0 N–H and O–H groups in total. The lowest BCUT2D eigenvalue weighted by Gasteiger charge is -2.04. The summed E-state index contributed by atoms with van der Waals surface area (Å²) in [6, 6.07) is 2.88. The highest BCUT2D eigenvalue weighted by molar-refractivity contribution is 7.89. The van der Waals surface area contributed by atoms with Gasteiger partial charge in [-0.1, -0.05) is 11.6 Å². The maximum absolute atomic E-state index is 13.2. The minimum Gasteiger partial charge on any atom is -0.279 e. The summed E-state index contributed by atoms with van der Waals surface area (Å²) < 4.78 is 40.8. The number of nitrogens with zero attached hydrogens (tertiary/aromatic N) is 4. The Morgan fingerprint density at radius 1 is 1.17 bits per heavy atom. The van der Waals surface area contributed by atoms with E-state index in [1.54, 1.807) is 0 Å². The number of hydrogen-bond donors (Lipinski definition) is 0. The molecular weight excluding hydrogens is 363 g/mol. The largest absolute Gasteiger partial charge is 0.332 e. The van der Waals surface area contributed by atoms with Crippen molar-refractivity contribution in [2.24, 2.45) is 14.1 Å². The van der Waals surface area contributed by atoms with Crippen molar-refractivity contribution in [1.29, 1.82) is 0 Å². The molecule has 11 heteroatoms. The van der Waals surface area contributed by atoms with Crippen molar-refractivity contribution in [3.8, 4) is 0 Å². The van der Waals surface area contributed by atoms with E-state index in [1.165, 1.54) is 14.1 Å². The second-order valence-corrected chi connectivity index (χ2v) is 7.23. The van der Waals surface area contributed by atoms with Crippen LogP contribution >= 0.6 is 11.6 Å². The van der Waals surface area contributed by atoms with E-state index in [2.05, 4.69) is 5.10 Å². The van der Waals surface area contributed by atoms with E-state index in [0.29, 0.717) is 4.09 Å². The van der Waals surface area contributed by atoms with E-state index < -0.39 is 27.1 Å². The molecule has 0 atom stereocenters. The number of aromatic nitrogens is 4. The van der Waals surface area contributed by atoms with Gasteiger partial charge in [0.15, 0.2) is 5.65 Å². The molecule has 2 heterocycles. The number of rotatable bonds is 2. The predicted octanol–water partition coefficient (Wildman–Crippen LogP) is 0.463. The maximum Gasteiger partial charge on any atom is 0.332 e. The van der Waals surface area contributed by atoms with Gasteiger partial charge in [-0.25, -0.2) is 9.18 Å². The molecule has 0 aliphatic rings. The average Bonchev–Trinajstić information content (AvgIpc) is 2.99. The lowest BCUT2D eigenvalue weighted by Crippen LogP contribution is -2.36. The third kappa shape index (κ3) is 2.26. The summed E-state index contributed by atoms with van der Waals surface area (Å²) in [7, 11) is -1.57. The molecule has 3 aromatic rings. The van der Waals surface area contributed by atoms with Crippen molar-refractivity contribution in [2.75, 3.05) is 0 Å². The molecule has 0 saturated carbocycles. The molecule has 126 valence electrons. The molecule has 0 radical (unpaired) electrons. The van der Waals surface area contributed by atoms with Crippen molar-refractivity contribution >= 4 is 32.7 Å². The first-order chi connectivity index (χ1) is 11.1. The summed E-state index contributed by atoms with van der Waals surface area (Å²) in [6.07, 6.45) is 1.00. The van der Waals surface area contributed by atoms with Gasteiger partial charge in [-0.2, -0.15) is 12.5 Å². The highest BCUT2D eigenvalue weighted by atomic mass is 35.5. The van der Waals surface area contributed by atoms with E-state index in [9.17, 15) is 22.4 Å². The van der Waals surface area contributed by atoms with Gasteiger partial charge in [0.25, 0.3) is 15.6 Å². The van der Waals surface area contributed by atoms with Gasteiger partial charge in [0.2, 0.25) is 0 Å². The Labute approximate surface area is 139 Å². The third-order valence-corrected chi connectivity index (χ3v) is 5.35. The molecule has 0 aliphatic carbocycles. The Morgan fingerprint density at radius 2 is 1.83 bits per heavy atom. The van der Waals surface area contributed by atoms with Crippen molar-refractivity contribution < 1.29 is 12.8 Å². The van der Waals surface area contributed by atoms with Crippen molar-refractivity contribution in [1.82, 2.24) is 18.3 Å². The van der Waals surface area contributed by atoms with Crippen LogP contribution in [-0.4, -0.2) is 26.7 Å². The first kappa shape index (κ1) is 16.4. The van der Waals surface area contributed by atoms with E-state index in [0.717, 1.165) is 33.5 Å². The molecule has 0 aliphatic heterocycles. The fourth-order valence-corrected chi connectivity index (χ4v) is 3.59. The fraction of sp³-hybridized carbons (Fsp3) is 0.154. The second kappa shape index (κ2) is 5.28. The summed E-state index contributed by atoms with van der Waals surface area (Å²) in [5.74, 6) is -0.766. The summed E-state index contributed by atoms with van der Waals surface area (Å²) >= 11 is 5.61. The van der Waals surface area contributed by atoms with Crippen LogP contribution in [0, 0.1) is 5.82 Å². The number of benzene rings is 1. The molecule has 2 aromatic heterocycles. The predicted molar refractivity (Wildman–Crippen MR) is 84.2 cm³/mol. The zero-order valence-electron chi connectivity index (χ0n) is 12.4. The monoisotopic (exact) mass is 372 g/mol. The summed E-state index contributed by atoms with van der Waals surface area (Å²) in [4.78, 5) is 23.7. The Bertz CT molecular complexity index is 1210. The van der Waals surface area contributed by atoms with Crippen LogP contribution in [0.2, 0.25) is 5.02 Å². The molecule has 0 spiro atoms. The number of fused-ring (bicyclic) bond motifs is 1. The topological polar surface area (TPSA) is 96.0 Å². The summed E-state index contributed by atoms with van der Waals surface area (Å²) in [5.41, 5.74) is -1.40. The van der Waals surface area contributed by atoms with Crippen molar-refractivity contribution in [3.05, 3.63) is 56.1 Å². The van der Waals surface area contributed by atoms with Crippen LogP contribution in [0.25, 0.3) is 11.0 Å². The zero-order valence-corrected chi connectivity index (χ0v) is 14.0. The van der Waals surface area contributed by atoms with Gasteiger partial charge >= 0.3 is 5.69 Å². The first-order valence-corrected chi connectivity index (χ1v) is 8.32. The van der Waals surface area contributed by atoms with Crippen LogP contribution < -0.4 is 11.2 Å². The van der Waals surface area contributed by atoms with Crippen LogP contribution in [0.4, 0.5) is 4.39 Å². The van der Waals surface area contributed by atoms with Gasteiger partial charge in [-0.15, -0.1) is 5.10 Å². The number of halogens is 2. The lowest BCUT2D eigenvalue weighted by molar-refractivity contribution is 0.579. The van der Waals surface area contributed by atoms with Gasteiger partial charge in [0.05, 0.1) is 16.1 Å². The van der Waals surface area contributed by atoms with E-state index >= 15 is 0 Å². The summed E-state index contributed by atoms with van der Waals surface area (Å²) in [5, 5.41) is 3.41. The highest BCUT2D eigenvalue weighted by Gasteiger charge is 2.22. The molecular formula is C13H10ClFN4O4S. The molecule has 0 unspecified atom stereocenters. The molecule has 1 aromatic carbocycles. The van der Waals surface area contributed by atoms with Crippen LogP contribution in [0.15, 0.2) is 38.9 Å². The Morgan fingerprint density at radius 3 is 2.46 bits per heavy atom. The minimum atomic E-state index is -4.21. The normalized spacial score (nSPS) is 12.0. The van der Waals surface area contributed by atoms with E-state index in [-0.39, 0.29) is 21.0 Å². The standard InChI is InChI=1S/C13H10ClFN4O4S/c1-17-11-8(12(20)18(2)13(17)21)6-19(16-11)24(22,23)7-3-4-10(15)9(14)5-7/h3-6H,1-2H3. The van der Waals surface area contributed by atoms with Gasteiger partial charge in [-0.3, -0.25) is 13.9 Å². The van der Waals surface area contributed by atoms with Gasteiger partial charge in [0, 0.05) is 14.1 Å². The number of aryl methyl sites for hydroxylation is 1. The van der Waals surface area contributed by atoms with Gasteiger partial charge in [-0.05, 0) is 18.2 Å². The Kier molecular flexibility index (Phi) is 3.61.